The Labute approximate surface area is 254 Å². The van der Waals surface area contributed by atoms with E-state index in [0.717, 1.165) is 44.0 Å². The van der Waals surface area contributed by atoms with E-state index in [9.17, 15) is 22.0 Å². The summed E-state index contributed by atoms with van der Waals surface area (Å²) in [6.45, 7) is 4.19. The standard InChI is InChI=1S/C30H34F2N6O5S/c1-37-8-10-38(11-9-37)22-4-6-25(28(15-22)33-21(17-42-2)18-43-3)30(39)34-29-26-16-23(5-7-27(26)35-36-29)44(40,41)24-13-19(31)12-20(32)14-24/h4-7,12-16,21,33H,8-11,17-18H2,1-3H3,(H2,34,35,36,39). The smallest absolute Gasteiger partial charge is 0.258 e. The van der Waals surface area contributed by atoms with Crippen molar-refractivity contribution < 1.29 is 31.5 Å². The van der Waals surface area contributed by atoms with E-state index in [0.29, 0.717) is 41.4 Å². The van der Waals surface area contributed by atoms with Crippen molar-refractivity contribution in [3.8, 4) is 0 Å². The number of H-pyrrole nitrogens is 1. The number of methoxy groups -OCH3 is 2. The van der Waals surface area contributed by atoms with Crippen LogP contribution in [0.15, 0.2) is 64.4 Å². The van der Waals surface area contributed by atoms with Crippen LogP contribution in [0.25, 0.3) is 10.9 Å². The Balaban J connectivity index is 1.46. The molecular formula is C30H34F2N6O5S. The molecule has 0 radical (unpaired) electrons. The molecule has 3 N–H and O–H groups in total. The van der Waals surface area contributed by atoms with Gasteiger partial charge in [-0.05, 0) is 55.6 Å². The maximum absolute atomic E-state index is 13.8. The van der Waals surface area contributed by atoms with Gasteiger partial charge in [0.2, 0.25) is 9.84 Å². The molecule has 1 aliphatic rings. The summed E-state index contributed by atoms with van der Waals surface area (Å²) in [5, 5.41) is 13.4. The number of aromatic amines is 1. The molecule has 1 saturated heterocycles. The Morgan fingerprint density at radius 2 is 1.64 bits per heavy atom. The molecule has 0 saturated carbocycles. The van der Waals surface area contributed by atoms with Crippen LogP contribution in [0.5, 0.6) is 0 Å². The second kappa shape index (κ2) is 13.3. The number of hydrogen-bond donors (Lipinski definition) is 3. The van der Waals surface area contributed by atoms with Crippen LogP contribution in [0.2, 0.25) is 0 Å². The molecule has 234 valence electrons. The monoisotopic (exact) mass is 628 g/mol. The average Bonchev–Trinajstić information content (AvgIpc) is 3.39. The molecule has 14 heteroatoms. The van der Waals surface area contributed by atoms with Crippen molar-refractivity contribution in [1.82, 2.24) is 15.1 Å². The quantitative estimate of drug-likeness (QED) is 0.228. The van der Waals surface area contributed by atoms with Gasteiger partial charge in [0.05, 0.1) is 40.1 Å². The number of nitrogens with zero attached hydrogens (tertiary/aromatic N) is 3. The maximum Gasteiger partial charge on any atom is 0.258 e. The number of carbonyl (C=O) groups is 1. The van der Waals surface area contributed by atoms with Gasteiger partial charge in [0.15, 0.2) is 5.82 Å². The third-order valence-electron chi connectivity index (χ3n) is 7.43. The van der Waals surface area contributed by atoms with E-state index in [1.54, 1.807) is 20.3 Å². The Bertz CT molecular complexity index is 1730. The molecule has 3 aromatic carbocycles. The first kappa shape index (κ1) is 31.3. The first-order chi connectivity index (χ1) is 21.1. The van der Waals surface area contributed by atoms with Crippen molar-refractivity contribution in [2.24, 2.45) is 0 Å². The van der Waals surface area contributed by atoms with Gasteiger partial charge in [-0.15, -0.1) is 0 Å². The summed E-state index contributed by atoms with van der Waals surface area (Å²) in [4.78, 5) is 17.5. The van der Waals surface area contributed by atoms with Crippen LogP contribution >= 0.6 is 0 Å². The van der Waals surface area contributed by atoms with Gasteiger partial charge >= 0.3 is 0 Å². The number of fused-ring (bicyclic) bond motifs is 1. The molecule has 44 heavy (non-hydrogen) atoms. The number of likely N-dealkylation sites (N-methyl/N-ethyl adjacent to an activating group) is 1. The van der Waals surface area contributed by atoms with E-state index in [2.05, 4.69) is 37.7 Å². The highest BCUT2D eigenvalue weighted by Gasteiger charge is 2.24. The highest BCUT2D eigenvalue weighted by molar-refractivity contribution is 7.91. The fraction of sp³-hybridized carbons (Fsp3) is 0.333. The Kier molecular flexibility index (Phi) is 9.44. The second-order valence-electron chi connectivity index (χ2n) is 10.6. The molecule has 2 heterocycles. The van der Waals surface area contributed by atoms with E-state index < -0.39 is 32.3 Å². The van der Waals surface area contributed by atoms with Gasteiger partial charge in [-0.2, -0.15) is 5.10 Å². The van der Waals surface area contributed by atoms with Crippen LogP contribution in [0.3, 0.4) is 0 Å². The van der Waals surface area contributed by atoms with Gasteiger partial charge in [-0.3, -0.25) is 9.89 Å². The fourth-order valence-corrected chi connectivity index (χ4v) is 6.44. The number of halogens is 2. The highest BCUT2D eigenvalue weighted by atomic mass is 32.2. The summed E-state index contributed by atoms with van der Waals surface area (Å²) in [5.74, 6) is -2.42. The number of benzene rings is 3. The summed E-state index contributed by atoms with van der Waals surface area (Å²) in [5.41, 5.74) is 2.30. The lowest BCUT2D eigenvalue weighted by molar-refractivity contribution is 0.102. The number of rotatable bonds is 11. The molecule has 0 atom stereocenters. The Morgan fingerprint density at radius 3 is 2.30 bits per heavy atom. The minimum atomic E-state index is -4.28. The average molecular weight is 629 g/mol. The van der Waals surface area contributed by atoms with E-state index in [1.807, 2.05) is 12.1 Å². The lowest BCUT2D eigenvalue weighted by atomic mass is 10.1. The maximum atomic E-state index is 13.8. The first-order valence-corrected chi connectivity index (χ1v) is 15.4. The number of piperazine rings is 1. The van der Waals surface area contributed by atoms with E-state index in [1.165, 1.54) is 18.2 Å². The van der Waals surface area contributed by atoms with E-state index in [-0.39, 0.29) is 16.8 Å². The van der Waals surface area contributed by atoms with Gasteiger partial charge in [-0.25, -0.2) is 17.2 Å². The zero-order valence-corrected chi connectivity index (χ0v) is 25.4. The lowest BCUT2D eigenvalue weighted by Gasteiger charge is -2.34. The van der Waals surface area contributed by atoms with Crippen molar-refractivity contribution in [2.75, 3.05) is 76.2 Å². The molecule has 0 bridgehead atoms. The van der Waals surface area contributed by atoms with Crippen LogP contribution in [0.4, 0.5) is 26.0 Å². The van der Waals surface area contributed by atoms with Gasteiger partial charge in [0.1, 0.15) is 11.6 Å². The highest BCUT2D eigenvalue weighted by Crippen LogP contribution is 2.30. The van der Waals surface area contributed by atoms with Crippen molar-refractivity contribution in [3.05, 3.63) is 71.8 Å². The number of ether oxygens (including phenoxy) is 2. The van der Waals surface area contributed by atoms with Crippen LogP contribution in [0, 0.1) is 11.6 Å². The zero-order chi connectivity index (χ0) is 31.4. The van der Waals surface area contributed by atoms with Crippen LogP contribution in [-0.2, 0) is 19.3 Å². The molecule has 11 nitrogen and oxygen atoms in total. The number of nitrogens with one attached hydrogen (secondary N) is 3. The number of aromatic nitrogens is 2. The second-order valence-corrected chi connectivity index (χ2v) is 12.6. The Hall–Kier alpha value is -4.11. The van der Waals surface area contributed by atoms with Crippen LogP contribution < -0.4 is 15.5 Å². The number of amides is 1. The van der Waals surface area contributed by atoms with E-state index >= 15 is 0 Å². The van der Waals surface area contributed by atoms with Crippen molar-refractivity contribution >= 4 is 43.8 Å². The predicted molar refractivity (Wildman–Crippen MR) is 163 cm³/mol. The minimum Gasteiger partial charge on any atom is -0.382 e. The van der Waals surface area contributed by atoms with Crippen molar-refractivity contribution in [2.45, 2.75) is 15.8 Å². The third-order valence-corrected chi connectivity index (χ3v) is 9.17. The van der Waals surface area contributed by atoms with Crippen molar-refractivity contribution in [1.29, 1.82) is 0 Å². The zero-order valence-electron chi connectivity index (χ0n) is 24.6. The topological polar surface area (TPSA) is 129 Å². The normalized spacial score (nSPS) is 14.4. The van der Waals surface area contributed by atoms with Crippen LogP contribution in [-0.4, -0.2) is 96.1 Å². The Morgan fingerprint density at radius 1 is 0.955 bits per heavy atom. The lowest BCUT2D eigenvalue weighted by Crippen LogP contribution is -2.44. The summed E-state index contributed by atoms with van der Waals surface area (Å²) >= 11 is 0. The first-order valence-electron chi connectivity index (χ1n) is 13.9. The minimum absolute atomic E-state index is 0.0897. The molecule has 0 spiro atoms. The summed E-state index contributed by atoms with van der Waals surface area (Å²) in [6.07, 6.45) is 0. The summed E-state index contributed by atoms with van der Waals surface area (Å²) < 4.78 is 64.7. The van der Waals surface area contributed by atoms with E-state index in [4.69, 9.17) is 9.47 Å². The van der Waals surface area contributed by atoms with Gasteiger partial charge in [-0.1, -0.05) is 0 Å². The number of carbonyl (C=O) groups excluding carboxylic acids is 1. The fourth-order valence-electron chi connectivity index (χ4n) is 5.11. The van der Waals surface area contributed by atoms with Gasteiger partial charge in [0, 0.05) is 63.2 Å². The number of sulfone groups is 1. The molecule has 4 aromatic rings. The molecule has 1 aromatic heterocycles. The molecule has 5 rings (SSSR count). The SMILES string of the molecule is COCC(COC)Nc1cc(N2CCN(C)CC2)ccc1C(=O)Nc1n[nH]c2ccc(S(=O)(=O)c3cc(F)cc(F)c3)cc12. The molecule has 0 unspecified atom stereocenters. The molecule has 1 aliphatic heterocycles. The van der Waals surface area contributed by atoms with Gasteiger partial charge in [0.25, 0.3) is 5.91 Å². The molecule has 0 aliphatic carbocycles. The van der Waals surface area contributed by atoms with Gasteiger partial charge < -0.3 is 29.9 Å². The summed E-state index contributed by atoms with van der Waals surface area (Å²) in [6, 6.07) is 11.5. The van der Waals surface area contributed by atoms with Crippen molar-refractivity contribution in [3.63, 3.8) is 0 Å². The largest absolute Gasteiger partial charge is 0.382 e. The predicted octanol–water partition coefficient (Wildman–Crippen LogP) is 3.75. The number of hydrogen-bond acceptors (Lipinski definition) is 9. The van der Waals surface area contributed by atoms with Crippen LogP contribution in [0.1, 0.15) is 10.4 Å². The number of anilines is 3. The molecule has 1 fully saturated rings. The third kappa shape index (κ3) is 6.83. The molecule has 1 amide bonds. The molecular weight excluding hydrogens is 594 g/mol. The summed E-state index contributed by atoms with van der Waals surface area (Å²) in [7, 11) is 0.971.